The van der Waals surface area contributed by atoms with Crippen molar-refractivity contribution in [3.8, 4) is 5.75 Å². The third-order valence-corrected chi connectivity index (χ3v) is 6.67. The van der Waals surface area contributed by atoms with Crippen LogP contribution in [0.4, 0.5) is 4.39 Å². The van der Waals surface area contributed by atoms with Gasteiger partial charge in [0.1, 0.15) is 24.6 Å². The van der Waals surface area contributed by atoms with E-state index in [1.807, 2.05) is 0 Å². The summed E-state index contributed by atoms with van der Waals surface area (Å²) < 4.78 is 49.5. The lowest BCUT2D eigenvalue weighted by atomic mass is 10.1. The molecule has 2 aliphatic rings. The van der Waals surface area contributed by atoms with E-state index in [4.69, 9.17) is 30.5 Å². The first kappa shape index (κ1) is 22.9. The fourth-order valence-corrected chi connectivity index (χ4v) is 4.89. The van der Waals surface area contributed by atoms with Gasteiger partial charge in [-0.15, -0.1) is 0 Å². The molecule has 1 aromatic carbocycles. The standard InChI is InChI=1S/C18H18FN2O9PS/c1-9-3-2-4-10-7-27-31(26,30-13(9)10)28-8-18(19)14(24)12(23)16(29-18)21-5-11(6-22)15(25)20-17(21)32/h2-6,12,14,16,23-24H,7-8H2,1H3,(H,20,25,32)/t12-,14+,16-,18-,31?/m1/s1. The Kier molecular flexibility index (Phi) is 5.92. The van der Waals surface area contributed by atoms with E-state index in [0.29, 0.717) is 11.1 Å². The number of rotatable bonds is 5. The van der Waals surface area contributed by atoms with Crippen LogP contribution < -0.4 is 10.1 Å². The van der Waals surface area contributed by atoms with Crippen LogP contribution in [0.25, 0.3) is 0 Å². The number of aldehydes is 1. The van der Waals surface area contributed by atoms with Gasteiger partial charge < -0.3 is 19.5 Å². The first-order valence-corrected chi connectivity index (χ1v) is 11.1. The normalized spacial score (nSPS) is 31.7. The van der Waals surface area contributed by atoms with E-state index in [-0.39, 0.29) is 29.0 Å². The number of carbonyl (C=O) groups excluding carboxylic acids is 1. The van der Waals surface area contributed by atoms with Gasteiger partial charge in [-0.05, 0) is 24.7 Å². The maximum Gasteiger partial charge on any atom is 0.530 e. The summed E-state index contributed by atoms with van der Waals surface area (Å²) in [6.45, 7) is 0.484. The van der Waals surface area contributed by atoms with Gasteiger partial charge in [-0.2, -0.15) is 0 Å². The highest BCUT2D eigenvalue weighted by atomic mass is 32.1. The van der Waals surface area contributed by atoms with E-state index >= 15 is 4.39 Å². The number of aromatic amines is 1. The van der Waals surface area contributed by atoms with Crippen molar-refractivity contribution in [2.24, 2.45) is 0 Å². The molecule has 5 atom stereocenters. The molecule has 172 valence electrons. The van der Waals surface area contributed by atoms with Crippen LogP contribution in [0.3, 0.4) is 0 Å². The lowest BCUT2D eigenvalue weighted by Gasteiger charge is -2.29. The van der Waals surface area contributed by atoms with Crippen LogP contribution in [0.5, 0.6) is 5.75 Å². The Morgan fingerprint density at radius 2 is 2.22 bits per heavy atom. The Morgan fingerprint density at radius 3 is 2.94 bits per heavy atom. The minimum absolute atomic E-state index is 0.108. The van der Waals surface area contributed by atoms with Gasteiger partial charge in [-0.1, -0.05) is 18.2 Å². The Hall–Kier alpha value is -2.25. The minimum atomic E-state index is -4.27. The molecule has 4 rings (SSSR count). The van der Waals surface area contributed by atoms with Crippen molar-refractivity contribution in [3.63, 3.8) is 0 Å². The zero-order valence-electron chi connectivity index (χ0n) is 16.5. The molecular weight excluding hydrogens is 470 g/mol. The maximum atomic E-state index is 15.4. The van der Waals surface area contributed by atoms with Crippen molar-refractivity contribution in [2.45, 2.75) is 37.8 Å². The molecule has 32 heavy (non-hydrogen) atoms. The molecule has 2 aliphatic heterocycles. The van der Waals surface area contributed by atoms with Gasteiger partial charge in [0.2, 0.25) is 0 Å². The lowest BCUT2D eigenvalue weighted by Crippen LogP contribution is -2.43. The third-order valence-electron chi connectivity index (χ3n) is 5.06. The molecule has 3 heterocycles. The van der Waals surface area contributed by atoms with Crippen LogP contribution in [-0.4, -0.2) is 50.7 Å². The first-order valence-electron chi connectivity index (χ1n) is 9.27. The Morgan fingerprint density at radius 1 is 1.47 bits per heavy atom. The lowest BCUT2D eigenvalue weighted by molar-refractivity contribution is -0.205. The number of ether oxygens (including phenoxy) is 1. The molecule has 1 saturated heterocycles. The van der Waals surface area contributed by atoms with Crippen molar-refractivity contribution < 1.29 is 42.3 Å². The van der Waals surface area contributed by atoms with Crippen LogP contribution in [0, 0.1) is 11.7 Å². The number of phosphoric ester groups is 1. The highest BCUT2D eigenvalue weighted by molar-refractivity contribution is 7.71. The van der Waals surface area contributed by atoms with Gasteiger partial charge in [0, 0.05) is 11.8 Å². The monoisotopic (exact) mass is 488 g/mol. The SMILES string of the molecule is Cc1cccc2c1OP(=O)(OC[C@@]1(F)O[C@@H](n3cc(C=O)c(=O)[nH]c3=S)[C@H](O)[C@@H]1O)OC2. The number of para-hydroxylation sites is 1. The minimum Gasteiger partial charge on any atom is -0.403 e. The van der Waals surface area contributed by atoms with Crippen LogP contribution >= 0.6 is 20.0 Å². The summed E-state index contributed by atoms with van der Waals surface area (Å²) in [7, 11) is -4.27. The van der Waals surface area contributed by atoms with Crippen LogP contribution in [0.2, 0.25) is 0 Å². The number of hydrogen-bond donors (Lipinski definition) is 3. The van der Waals surface area contributed by atoms with E-state index in [1.54, 1.807) is 25.1 Å². The van der Waals surface area contributed by atoms with Crippen molar-refractivity contribution in [3.05, 3.63) is 56.2 Å². The van der Waals surface area contributed by atoms with E-state index in [1.165, 1.54) is 0 Å². The Bertz CT molecular complexity index is 1230. The van der Waals surface area contributed by atoms with Crippen LogP contribution in [0.15, 0.2) is 29.2 Å². The number of alkyl halides is 1. The fourth-order valence-electron chi connectivity index (χ4n) is 3.34. The Balaban J connectivity index is 1.55. The summed E-state index contributed by atoms with van der Waals surface area (Å²) in [6.07, 6.45) is -4.48. The number of fused-ring (bicyclic) bond motifs is 1. The van der Waals surface area contributed by atoms with E-state index < -0.39 is 44.3 Å². The molecule has 11 nitrogen and oxygen atoms in total. The van der Waals surface area contributed by atoms with E-state index in [9.17, 15) is 24.4 Å². The molecule has 0 spiro atoms. The summed E-state index contributed by atoms with van der Waals surface area (Å²) in [4.78, 5) is 24.9. The number of nitrogens with one attached hydrogen (secondary N) is 1. The number of carbonyl (C=O) groups is 1. The zero-order chi connectivity index (χ0) is 23.3. The summed E-state index contributed by atoms with van der Waals surface area (Å²) >= 11 is 4.96. The fraction of sp³-hybridized carbons (Fsp3) is 0.389. The number of halogens is 1. The van der Waals surface area contributed by atoms with Crippen molar-refractivity contribution in [1.82, 2.24) is 9.55 Å². The molecule has 0 aliphatic carbocycles. The number of nitrogens with zero attached hydrogens (tertiary/aromatic N) is 1. The number of phosphoric acid groups is 1. The van der Waals surface area contributed by atoms with Crippen LogP contribution in [-0.2, 0) is 25.0 Å². The highest BCUT2D eigenvalue weighted by Gasteiger charge is 2.57. The number of hydrogen-bond acceptors (Lipinski definition) is 10. The molecule has 0 amide bonds. The number of aromatic nitrogens is 2. The average molecular weight is 488 g/mol. The van der Waals surface area contributed by atoms with Gasteiger partial charge in [0.05, 0.1) is 12.2 Å². The summed E-state index contributed by atoms with van der Waals surface area (Å²) in [6, 6.07) is 5.18. The molecule has 1 aromatic heterocycles. The number of H-pyrrole nitrogens is 1. The molecular formula is C18H18FN2O9PS. The molecule has 1 unspecified atom stereocenters. The second-order valence-corrected chi connectivity index (χ2v) is 9.23. The largest absolute Gasteiger partial charge is 0.530 e. The molecule has 0 saturated carbocycles. The smallest absolute Gasteiger partial charge is 0.403 e. The van der Waals surface area contributed by atoms with E-state index in [0.717, 1.165) is 10.8 Å². The number of aliphatic hydroxyl groups is 2. The molecule has 3 N–H and O–H groups in total. The third kappa shape index (κ3) is 3.97. The van der Waals surface area contributed by atoms with Crippen LogP contribution in [0.1, 0.15) is 27.7 Å². The second-order valence-electron chi connectivity index (χ2n) is 7.25. The summed E-state index contributed by atoms with van der Waals surface area (Å²) in [5.74, 6) is -2.77. The molecule has 0 bridgehead atoms. The predicted molar refractivity (Wildman–Crippen MR) is 107 cm³/mol. The van der Waals surface area contributed by atoms with E-state index in [2.05, 4.69) is 4.98 Å². The van der Waals surface area contributed by atoms with Crippen molar-refractivity contribution in [1.29, 1.82) is 0 Å². The topological polar surface area (TPSA) is 149 Å². The maximum absolute atomic E-state index is 15.4. The quantitative estimate of drug-likeness (QED) is 0.322. The predicted octanol–water partition coefficient (Wildman–Crippen LogP) is 1.68. The number of aliphatic hydroxyl groups excluding tert-OH is 2. The number of aryl methyl sites for hydroxylation is 1. The zero-order valence-corrected chi connectivity index (χ0v) is 18.2. The average Bonchev–Trinajstić information content (AvgIpc) is 2.98. The van der Waals surface area contributed by atoms with Gasteiger partial charge >= 0.3 is 7.82 Å². The molecule has 1 fully saturated rings. The summed E-state index contributed by atoms with van der Waals surface area (Å²) in [5.41, 5.74) is 0.139. The molecule has 14 heteroatoms. The van der Waals surface area contributed by atoms with Crippen molar-refractivity contribution >= 4 is 26.3 Å². The Labute approximate surface area is 184 Å². The van der Waals surface area contributed by atoms with Crippen molar-refractivity contribution in [2.75, 3.05) is 6.61 Å². The van der Waals surface area contributed by atoms with Gasteiger partial charge in [-0.25, -0.2) is 8.96 Å². The van der Waals surface area contributed by atoms with Gasteiger partial charge in [0.15, 0.2) is 17.3 Å². The summed E-state index contributed by atoms with van der Waals surface area (Å²) in [5, 5.41) is 20.6. The highest BCUT2D eigenvalue weighted by Crippen LogP contribution is 2.56. The van der Waals surface area contributed by atoms with Gasteiger partial charge in [-0.3, -0.25) is 28.2 Å². The molecule has 0 radical (unpaired) electrons. The van der Waals surface area contributed by atoms with Gasteiger partial charge in [0.25, 0.3) is 11.4 Å². The first-order chi connectivity index (χ1) is 15.1. The molecule has 2 aromatic rings. The number of benzene rings is 1. The second kappa shape index (κ2) is 8.27.